The largest absolute Gasteiger partial charge is 0.356 e. The van der Waals surface area contributed by atoms with E-state index in [1.165, 1.54) is 0 Å². The Morgan fingerprint density at radius 3 is 1.74 bits per heavy atom. The highest BCUT2D eigenvalue weighted by Gasteiger charge is 2.22. The summed E-state index contributed by atoms with van der Waals surface area (Å²) < 4.78 is 21.5. The van der Waals surface area contributed by atoms with E-state index in [1.54, 1.807) is 18.2 Å². The fraction of sp³-hybridized carbons (Fsp3) is 0.571. The molecule has 0 radical (unpaired) electrons. The maximum absolute atomic E-state index is 5.65. The lowest BCUT2D eigenvalue weighted by atomic mass is 10.3. The number of hydrogen-bond acceptors (Lipinski definition) is 4. The van der Waals surface area contributed by atoms with Gasteiger partial charge in [0.05, 0.1) is 19.8 Å². The smallest absolute Gasteiger partial charge is 0.299 e. The second-order valence-corrected chi connectivity index (χ2v) is 5.79. The Morgan fingerprint density at radius 1 is 0.895 bits per heavy atom. The molecule has 19 heavy (non-hydrogen) atoms. The van der Waals surface area contributed by atoms with Gasteiger partial charge >= 0.3 is 7.74 Å². The summed E-state index contributed by atoms with van der Waals surface area (Å²) in [5.74, 6) is 0. The van der Waals surface area contributed by atoms with E-state index in [4.69, 9.17) is 13.6 Å². The van der Waals surface area contributed by atoms with Crippen molar-refractivity contribution in [1.82, 2.24) is 0 Å². The average molecular weight is 287 g/mol. The molecule has 0 bridgehead atoms. The van der Waals surface area contributed by atoms with Gasteiger partial charge in [0.2, 0.25) is 0 Å². The van der Waals surface area contributed by atoms with Gasteiger partial charge in [0.15, 0.2) is 0 Å². The molecule has 0 heterocycles. The van der Waals surface area contributed by atoms with Crippen LogP contribution in [0.5, 0.6) is 0 Å². The molecule has 0 aliphatic rings. The third kappa shape index (κ3) is 8.95. The molecule has 0 N–H and O–H groups in total. The second kappa shape index (κ2) is 12.4. The molecule has 0 aromatic heterocycles. The third-order valence-corrected chi connectivity index (χ3v) is 4.07. The van der Waals surface area contributed by atoms with E-state index in [-0.39, 0.29) is 0 Å². The Balaban J connectivity index is 4.78. The van der Waals surface area contributed by atoms with E-state index in [0.717, 1.165) is 19.3 Å². The molecular formula is C14H26NO3P. The summed E-state index contributed by atoms with van der Waals surface area (Å²) in [6.07, 6.45) is 8.26. The molecule has 0 aliphatic carbocycles. The van der Waals surface area contributed by atoms with Gasteiger partial charge in [-0.1, -0.05) is 38.0 Å². The molecule has 0 aromatic carbocycles. The van der Waals surface area contributed by atoms with Crippen molar-refractivity contribution in [2.24, 2.45) is 4.74 Å². The van der Waals surface area contributed by atoms with Crippen LogP contribution in [0.1, 0.15) is 26.2 Å². The van der Waals surface area contributed by atoms with Crippen LogP contribution in [0.3, 0.4) is 0 Å². The van der Waals surface area contributed by atoms with E-state index in [2.05, 4.69) is 31.4 Å². The highest BCUT2D eigenvalue weighted by Crippen LogP contribution is 2.53. The monoisotopic (exact) mass is 287 g/mol. The first kappa shape index (κ1) is 18.3. The van der Waals surface area contributed by atoms with Gasteiger partial charge in [-0.15, -0.1) is 19.7 Å². The minimum Gasteiger partial charge on any atom is -0.299 e. The normalized spacial score (nSPS) is 11.0. The first-order chi connectivity index (χ1) is 9.24. The molecular weight excluding hydrogens is 261 g/mol. The summed E-state index contributed by atoms with van der Waals surface area (Å²) in [7, 11) is -2.67. The summed E-state index contributed by atoms with van der Waals surface area (Å²) in [4.78, 5) is 0. The van der Waals surface area contributed by atoms with Crippen molar-refractivity contribution < 1.29 is 13.6 Å². The predicted molar refractivity (Wildman–Crippen MR) is 82.2 cm³/mol. The van der Waals surface area contributed by atoms with Crippen molar-refractivity contribution >= 4 is 7.74 Å². The van der Waals surface area contributed by atoms with E-state index in [0.29, 0.717) is 26.4 Å². The van der Waals surface area contributed by atoms with E-state index < -0.39 is 7.74 Å². The lowest BCUT2D eigenvalue weighted by Crippen LogP contribution is -2.02. The fourth-order valence-electron chi connectivity index (χ4n) is 1.23. The maximum Gasteiger partial charge on any atom is 0.356 e. The van der Waals surface area contributed by atoms with Crippen molar-refractivity contribution in [2.75, 3.05) is 26.4 Å². The summed E-state index contributed by atoms with van der Waals surface area (Å²) in [5.41, 5.74) is 0. The SMILES string of the molecule is C=CCOP(=NCCCCC)(OCC=C)OCC=C. The van der Waals surface area contributed by atoms with Crippen LogP contribution >= 0.6 is 7.74 Å². The lowest BCUT2D eigenvalue weighted by Gasteiger charge is -2.22. The highest BCUT2D eigenvalue weighted by atomic mass is 31.2. The van der Waals surface area contributed by atoms with Crippen LogP contribution in [0.2, 0.25) is 0 Å². The molecule has 4 nitrogen and oxygen atoms in total. The van der Waals surface area contributed by atoms with Crippen molar-refractivity contribution in [3.63, 3.8) is 0 Å². The standard InChI is InChI=1S/C14H26NO3P/c1-5-9-10-11-15-19(16-12-6-2,17-13-7-3)18-14-8-4/h6-8H,2-5,9-14H2,1H3. The van der Waals surface area contributed by atoms with Crippen LogP contribution in [-0.2, 0) is 13.6 Å². The zero-order chi connectivity index (χ0) is 14.4. The van der Waals surface area contributed by atoms with Crippen LogP contribution in [-0.4, -0.2) is 26.4 Å². The van der Waals surface area contributed by atoms with Crippen LogP contribution in [0.4, 0.5) is 0 Å². The van der Waals surface area contributed by atoms with Crippen molar-refractivity contribution in [3.05, 3.63) is 38.0 Å². The van der Waals surface area contributed by atoms with Gasteiger partial charge in [-0.25, -0.2) is 4.74 Å². The molecule has 0 spiro atoms. The number of unbranched alkanes of at least 4 members (excludes halogenated alkanes) is 2. The summed E-state index contributed by atoms with van der Waals surface area (Å²) in [6.45, 7) is 14.8. The molecule has 0 amide bonds. The predicted octanol–water partition coefficient (Wildman–Crippen LogP) is 4.73. The van der Waals surface area contributed by atoms with Gasteiger partial charge in [0.25, 0.3) is 0 Å². The van der Waals surface area contributed by atoms with Gasteiger partial charge in [0, 0.05) is 6.54 Å². The average Bonchev–Trinajstić information content (AvgIpc) is 2.44. The number of hydrogen-bond donors (Lipinski definition) is 0. The molecule has 0 aromatic rings. The Morgan fingerprint density at radius 2 is 1.37 bits per heavy atom. The quantitative estimate of drug-likeness (QED) is 0.279. The molecule has 0 rings (SSSR count). The van der Waals surface area contributed by atoms with Gasteiger partial charge in [0.1, 0.15) is 0 Å². The Hall–Kier alpha value is -0.670. The molecule has 5 heteroatoms. The summed E-state index contributed by atoms with van der Waals surface area (Å²) >= 11 is 0. The Labute approximate surface area is 117 Å². The zero-order valence-corrected chi connectivity index (χ0v) is 12.8. The van der Waals surface area contributed by atoms with Crippen LogP contribution < -0.4 is 0 Å². The van der Waals surface area contributed by atoms with Crippen LogP contribution in [0.15, 0.2) is 42.7 Å². The van der Waals surface area contributed by atoms with Crippen molar-refractivity contribution in [2.45, 2.75) is 26.2 Å². The van der Waals surface area contributed by atoms with Crippen molar-refractivity contribution in [3.8, 4) is 0 Å². The van der Waals surface area contributed by atoms with E-state index in [9.17, 15) is 0 Å². The van der Waals surface area contributed by atoms with E-state index in [1.807, 2.05) is 0 Å². The minimum absolute atomic E-state index is 0.347. The van der Waals surface area contributed by atoms with Gasteiger partial charge in [-0.3, -0.25) is 13.6 Å². The van der Waals surface area contributed by atoms with Gasteiger partial charge in [-0.2, -0.15) is 0 Å². The Bertz CT molecular complexity index is 278. The number of rotatable bonds is 13. The van der Waals surface area contributed by atoms with Crippen molar-refractivity contribution in [1.29, 1.82) is 0 Å². The number of nitrogens with zero attached hydrogens (tertiary/aromatic N) is 1. The van der Waals surface area contributed by atoms with Crippen LogP contribution in [0.25, 0.3) is 0 Å². The molecule has 0 fully saturated rings. The highest BCUT2D eigenvalue weighted by molar-refractivity contribution is 7.51. The summed E-state index contributed by atoms with van der Waals surface area (Å²) in [5, 5.41) is 0. The zero-order valence-electron chi connectivity index (χ0n) is 11.9. The summed E-state index contributed by atoms with van der Waals surface area (Å²) in [6, 6.07) is 0. The third-order valence-electron chi connectivity index (χ3n) is 2.10. The molecule has 0 saturated carbocycles. The molecule has 0 atom stereocenters. The fourth-order valence-corrected chi connectivity index (χ4v) is 2.97. The minimum atomic E-state index is -2.67. The second-order valence-electron chi connectivity index (χ2n) is 3.79. The lowest BCUT2D eigenvalue weighted by molar-refractivity contribution is 0.179. The maximum atomic E-state index is 5.65. The first-order valence-corrected chi connectivity index (χ1v) is 8.08. The Kier molecular flexibility index (Phi) is 11.9. The van der Waals surface area contributed by atoms with E-state index >= 15 is 0 Å². The van der Waals surface area contributed by atoms with Gasteiger partial charge < -0.3 is 0 Å². The van der Waals surface area contributed by atoms with Crippen LogP contribution in [0, 0.1) is 0 Å². The molecule has 0 saturated heterocycles. The first-order valence-electron chi connectivity index (χ1n) is 6.59. The topological polar surface area (TPSA) is 40.0 Å². The molecule has 0 unspecified atom stereocenters. The molecule has 0 aliphatic heterocycles. The molecule has 110 valence electrons. The van der Waals surface area contributed by atoms with Gasteiger partial charge in [-0.05, 0) is 6.42 Å².